The second kappa shape index (κ2) is 25.7. The van der Waals surface area contributed by atoms with E-state index in [2.05, 4.69) is 58.0 Å². The lowest BCUT2D eigenvalue weighted by Gasteiger charge is -2.34. The SMILES string of the molecule is C.CCC(CC)(c1ccc(OC[C@@H](O)C(C)(C)C)c(C)c1)c1ccc(C(=O)N(C)CC(C)=O)c(C)c1.CCC(CC)(c1ccc(OC[C@H](O)C(C)(C)C)c(C)c1)c1ccc(C(=O)N(C)CC(=O)O)c(C)c1. The third-order valence-corrected chi connectivity index (χ3v) is 14.2. The number of aliphatic hydroxyl groups is 2. The Bertz CT molecular complexity index is 2270. The molecular formula is C60H88N2O9. The van der Waals surface area contributed by atoms with Crippen LogP contribution < -0.4 is 9.47 Å². The summed E-state index contributed by atoms with van der Waals surface area (Å²) in [6.07, 6.45) is 2.44. The van der Waals surface area contributed by atoms with Crippen LogP contribution >= 0.6 is 0 Å². The summed E-state index contributed by atoms with van der Waals surface area (Å²) in [6, 6.07) is 24.4. The summed E-state index contributed by atoms with van der Waals surface area (Å²) in [6.45, 7) is 30.3. The van der Waals surface area contributed by atoms with Crippen LogP contribution in [0.1, 0.15) is 174 Å². The molecule has 11 nitrogen and oxygen atoms in total. The van der Waals surface area contributed by atoms with Crippen molar-refractivity contribution < 1.29 is 44.0 Å². The molecular weight excluding hydrogens is 893 g/mol. The van der Waals surface area contributed by atoms with Gasteiger partial charge in [0.15, 0.2) is 0 Å². The molecule has 0 aliphatic carbocycles. The van der Waals surface area contributed by atoms with Gasteiger partial charge in [0.05, 0.1) is 18.8 Å². The molecule has 0 fully saturated rings. The Kier molecular flexibility index (Phi) is 22.3. The molecule has 0 radical (unpaired) electrons. The van der Waals surface area contributed by atoms with Crippen molar-refractivity contribution in [1.82, 2.24) is 9.80 Å². The lowest BCUT2D eigenvalue weighted by atomic mass is 9.70. The Balaban J connectivity index is 0.000000480. The van der Waals surface area contributed by atoms with Gasteiger partial charge in [0, 0.05) is 36.1 Å². The third kappa shape index (κ3) is 15.2. The monoisotopic (exact) mass is 981 g/mol. The van der Waals surface area contributed by atoms with Crippen molar-refractivity contribution in [3.8, 4) is 11.5 Å². The molecule has 0 saturated carbocycles. The predicted octanol–water partition coefficient (Wildman–Crippen LogP) is 11.8. The van der Waals surface area contributed by atoms with Crippen molar-refractivity contribution in [2.24, 2.45) is 10.8 Å². The summed E-state index contributed by atoms with van der Waals surface area (Å²) in [4.78, 5) is 50.8. The van der Waals surface area contributed by atoms with Crippen molar-refractivity contribution in [2.45, 2.75) is 160 Å². The molecule has 4 rings (SSSR count). The fourth-order valence-corrected chi connectivity index (χ4v) is 9.02. The molecule has 71 heavy (non-hydrogen) atoms. The summed E-state index contributed by atoms with van der Waals surface area (Å²) in [7, 11) is 3.16. The summed E-state index contributed by atoms with van der Waals surface area (Å²) in [5, 5.41) is 29.7. The van der Waals surface area contributed by atoms with Gasteiger partial charge in [-0.05, 0) is 140 Å². The van der Waals surface area contributed by atoms with Gasteiger partial charge < -0.3 is 34.6 Å². The van der Waals surface area contributed by atoms with Crippen LogP contribution in [-0.2, 0) is 20.4 Å². The van der Waals surface area contributed by atoms with Gasteiger partial charge in [0.2, 0.25) is 0 Å². The Morgan fingerprint density at radius 3 is 1.07 bits per heavy atom. The molecule has 0 unspecified atom stereocenters. The number of carboxylic acids is 1. The number of benzene rings is 4. The molecule has 0 saturated heterocycles. The average Bonchev–Trinajstić information content (AvgIpc) is 3.28. The number of carboxylic acid groups (broad SMARTS) is 1. The van der Waals surface area contributed by atoms with E-state index in [0.29, 0.717) is 11.1 Å². The Hall–Kier alpha value is -5.52. The minimum absolute atomic E-state index is 0. The maximum Gasteiger partial charge on any atom is 0.323 e. The Morgan fingerprint density at radius 1 is 0.521 bits per heavy atom. The van der Waals surface area contributed by atoms with Crippen LogP contribution in [-0.4, -0.2) is 101 Å². The zero-order chi connectivity index (χ0) is 53.1. The van der Waals surface area contributed by atoms with E-state index >= 15 is 0 Å². The van der Waals surface area contributed by atoms with E-state index in [1.807, 2.05) is 112 Å². The first-order chi connectivity index (χ1) is 32.5. The smallest absolute Gasteiger partial charge is 0.323 e. The van der Waals surface area contributed by atoms with Gasteiger partial charge in [-0.2, -0.15) is 0 Å². The van der Waals surface area contributed by atoms with E-state index < -0.39 is 18.2 Å². The molecule has 0 aromatic heterocycles. The summed E-state index contributed by atoms with van der Waals surface area (Å²) in [5.41, 5.74) is 8.63. The van der Waals surface area contributed by atoms with E-state index in [0.717, 1.165) is 65.0 Å². The molecule has 2 atom stereocenters. The molecule has 11 heteroatoms. The minimum atomic E-state index is -1.04. The predicted molar refractivity (Wildman–Crippen MR) is 288 cm³/mol. The van der Waals surface area contributed by atoms with Gasteiger partial charge in [0.25, 0.3) is 11.8 Å². The highest BCUT2D eigenvalue weighted by molar-refractivity contribution is 5.98. The second-order valence-electron chi connectivity index (χ2n) is 21.4. The largest absolute Gasteiger partial charge is 0.491 e. The maximum atomic E-state index is 12.9. The first-order valence-corrected chi connectivity index (χ1v) is 24.8. The van der Waals surface area contributed by atoms with E-state index in [-0.39, 0.29) is 73.0 Å². The van der Waals surface area contributed by atoms with Crippen LogP contribution in [0.2, 0.25) is 0 Å². The highest BCUT2D eigenvalue weighted by Gasteiger charge is 2.34. The highest BCUT2D eigenvalue weighted by atomic mass is 16.5. The van der Waals surface area contributed by atoms with Crippen LogP contribution in [0.5, 0.6) is 11.5 Å². The molecule has 0 heterocycles. The van der Waals surface area contributed by atoms with Crippen LogP contribution in [0.25, 0.3) is 0 Å². The van der Waals surface area contributed by atoms with E-state index in [4.69, 9.17) is 14.6 Å². The molecule has 4 aromatic carbocycles. The number of Topliss-reactive ketones (excluding diaryl/α,β-unsaturated/α-hetero) is 1. The van der Waals surface area contributed by atoms with E-state index in [1.165, 1.54) is 40.5 Å². The normalized spacial score (nSPS) is 12.7. The zero-order valence-corrected chi connectivity index (χ0v) is 45.4. The number of aryl methyl sites for hydroxylation is 4. The van der Waals surface area contributed by atoms with Gasteiger partial charge >= 0.3 is 5.97 Å². The van der Waals surface area contributed by atoms with Crippen LogP contribution in [0.3, 0.4) is 0 Å². The number of ether oxygens (including phenoxy) is 2. The number of carbonyl (C=O) groups excluding carboxylic acids is 3. The topological polar surface area (TPSA) is 154 Å². The average molecular weight is 981 g/mol. The standard InChI is InChI=1S/C30H43NO4.C29H41NO5.CH4/c1-10-30(11-2,23-12-14-25(20(3)16-23)28(34)31(9)18-22(5)32)24-13-15-26(21(4)17-24)35-19-27(33)29(6,7)8;1-9-29(10-2,21-11-13-23(19(3)15-21)27(34)30(8)17-26(32)33)22-12-14-24(20(4)16-22)35-18-25(31)28(5,6)7;/h12-17,27,33H,10-11,18-19H2,1-9H3;11-16,25,31H,9-10,17-18H2,1-8H3,(H,32,33);1H4/t27-;25-;/m10./s1. The summed E-state index contributed by atoms with van der Waals surface area (Å²) >= 11 is 0. The van der Waals surface area contributed by atoms with Crippen molar-refractivity contribution in [1.29, 1.82) is 0 Å². The quantitative estimate of drug-likeness (QED) is 0.0785. The number of hydrogen-bond donors (Lipinski definition) is 3. The number of carbonyl (C=O) groups is 4. The first kappa shape index (κ1) is 61.6. The van der Waals surface area contributed by atoms with Crippen LogP contribution in [0.15, 0.2) is 72.8 Å². The first-order valence-electron chi connectivity index (χ1n) is 24.8. The second-order valence-corrected chi connectivity index (χ2v) is 21.4. The molecule has 392 valence electrons. The van der Waals surface area contributed by atoms with Crippen LogP contribution in [0, 0.1) is 38.5 Å². The number of aliphatic carboxylic acids is 1. The third-order valence-electron chi connectivity index (χ3n) is 14.2. The fourth-order valence-electron chi connectivity index (χ4n) is 9.02. The van der Waals surface area contributed by atoms with Gasteiger partial charge in [0.1, 0.15) is 37.0 Å². The van der Waals surface area contributed by atoms with E-state index in [1.54, 1.807) is 7.05 Å². The van der Waals surface area contributed by atoms with Gasteiger partial charge in [-0.15, -0.1) is 0 Å². The summed E-state index contributed by atoms with van der Waals surface area (Å²) in [5.74, 6) is 0.0200. The Labute approximate surface area is 427 Å². The molecule has 4 aromatic rings. The number of aliphatic hydroxyl groups excluding tert-OH is 2. The number of hydrogen-bond acceptors (Lipinski definition) is 8. The number of ketones is 1. The number of amides is 2. The molecule has 0 spiro atoms. The van der Waals surface area contributed by atoms with Crippen LogP contribution in [0.4, 0.5) is 0 Å². The summed E-state index contributed by atoms with van der Waals surface area (Å²) < 4.78 is 11.9. The molecule has 0 bridgehead atoms. The highest BCUT2D eigenvalue weighted by Crippen LogP contribution is 2.43. The lowest BCUT2D eigenvalue weighted by Crippen LogP contribution is -2.32. The van der Waals surface area contributed by atoms with Gasteiger partial charge in [-0.25, -0.2) is 0 Å². The lowest BCUT2D eigenvalue weighted by molar-refractivity contribution is -0.137. The minimum Gasteiger partial charge on any atom is -0.491 e. The molecule has 2 amide bonds. The maximum absolute atomic E-state index is 12.9. The molecule has 0 aliphatic rings. The van der Waals surface area contributed by atoms with Crippen molar-refractivity contribution in [3.63, 3.8) is 0 Å². The van der Waals surface area contributed by atoms with Gasteiger partial charge in [-0.1, -0.05) is 125 Å². The van der Waals surface area contributed by atoms with Crippen molar-refractivity contribution in [3.05, 3.63) is 128 Å². The van der Waals surface area contributed by atoms with Crippen molar-refractivity contribution >= 4 is 23.6 Å². The van der Waals surface area contributed by atoms with Gasteiger partial charge in [-0.3, -0.25) is 19.2 Å². The zero-order valence-electron chi connectivity index (χ0n) is 45.4. The van der Waals surface area contributed by atoms with Crippen molar-refractivity contribution in [2.75, 3.05) is 40.4 Å². The molecule has 3 N–H and O–H groups in total. The van der Waals surface area contributed by atoms with E-state index in [9.17, 15) is 29.4 Å². The number of likely N-dealkylation sites (N-methyl/N-ethyl adjacent to an activating group) is 2. The number of nitrogens with zero attached hydrogens (tertiary/aromatic N) is 2. The number of rotatable bonds is 20. The fraction of sp³-hybridized carbons (Fsp3) is 0.533. The molecule has 0 aliphatic heterocycles. The Morgan fingerprint density at radius 2 is 0.817 bits per heavy atom.